The Morgan fingerprint density at radius 2 is 2.21 bits per heavy atom. The first-order valence-corrected chi connectivity index (χ1v) is 7.61. The van der Waals surface area contributed by atoms with E-state index < -0.39 is 5.82 Å². The van der Waals surface area contributed by atoms with E-state index in [4.69, 9.17) is 15.6 Å². The van der Waals surface area contributed by atoms with Gasteiger partial charge in [0.25, 0.3) is 0 Å². The highest BCUT2D eigenvalue weighted by Gasteiger charge is 2.30. The van der Waals surface area contributed by atoms with Gasteiger partial charge in [-0.05, 0) is 18.9 Å². The molecule has 3 heterocycles. The summed E-state index contributed by atoms with van der Waals surface area (Å²) < 4.78 is 21.3. The molecule has 3 N–H and O–H groups in total. The van der Waals surface area contributed by atoms with E-state index in [0.717, 1.165) is 18.5 Å². The Balaban J connectivity index is 1.91. The second kappa shape index (κ2) is 5.41. The van der Waals surface area contributed by atoms with Gasteiger partial charge in [-0.3, -0.25) is 0 Å². The van der Waals surface area contributed by atoms with Crippen molar-refractivity contribution in [1.29, 1.82) is 0 Å². The third-order valence-corrected chi connectivity index (χ3v) is 4.17. The van der Waals surface area contributed by atoms with Gasteiger partial charge >= 0.3 is 0 Å². The number of nitrogen functional groups attached to an aromatic ring is 1. The minimum atomic E-state index is -0.583. The standard InChI is InChI=1S/C16H16FN5O2/c1-24-12-5-13-19-6-11(22(13)21-14(12)8-2-3-8)15-10(17)4-9(7-23)16(18)20-15/h4-6,8,23H,2-3,7H2,1H3,(H2,18,20). The molecule has 1 aliphatic carbocycles. The summed E-state index contributed by atoms with van der Waals surface area (Å²) in [5, 5.41) is 13.8. The number of aromatic nitrogens is 4. The second-order valence-corrected chi connectivity index (χ2v) is 5.81. The highest BCUT2D eigenvalue weighted by molar-refractivity contribution is 5.63. The zero-order chi connectivity index (χ0) is 16.8. The molecule has 0 aromatic carbocycles. The lowest BCUT2D eigenvalue weighted by Crippen LogP contribution is -2.06. The topological polar surface area (TPSA) is 98.6 Å². The number of hydrogen-bond donors (Lipinski definition) is 2. The third kappa shape index (κ3) is 2.26. The molecule has 0 bridgehead atoms. The summed E-state index contributed by atoms with van der Waals surface area (Å²) >= 11 is 0. The Hall–Kier alpha value is -2.74. The molecule has 1 fully saturated rings. The van der Waals surface area contributed by atoms with Gasteiger partial charge in [0.15, 0.2) is 11.5 Å². The summed E-state index contributed by atoms with van der Waals surface area (Å²) in [6.45, 7) is -0.371. The fourth-order valence-corrected chi connectivity index (χ4v) is 2.72. The number of rotatable bonds is 4. The maximum atomic E-state index is 14.4. The molecule has 0 saturated heterocycles. The fraction of sp³-hybridized carbons (Fsp3) is 0.312. The van der Waals surface area contributed by atoms with Crippen molar-refractivity contribution < 1.29 is 14.2 Å². The van der Waals surface area contributed by atoms with Crippen LogP contribution in [0.25, 0.3) is 17.0 Å². The molecule has 7 nitrogen and oxygen atoms in total. The van der Waals surface area contributed by atoms with Gasteiger partial charge in [0.05, 0.1) is 19.9 Å². The molecule has 8 heteroatoms. The summed E-state index contributed by atoms with van der Waals surface area (Å²) in [4.78, 5) is 8.34. The van der Waals surface area contributed by atoms with E-state index in [1.807, 2.05) is 0 Å². The Bertz CT molecular complexity index is 936. The van der Waals surface area contributed by atoms with E-state index >= 15 is 0 Å². The number of ether oxygens (including phenoxy) is 1. The molecule has 124 valence electrons. The average molecular weight is 329 g/mol. The molecule has 0 atom stereocenters. The van der Waals surface area contributed by atoms with E-state index in [1.165, 1.54) is 12.3 Å². The van der Waals surface area contributed by atoms with Gasteiger partial charge in [-0.2, -0.15) is 5.10 Å². The Morgan fingerprint density at radius 1 is 1.42 bits per heavy atom. The summed E-state index contributed by atoms with van der Waals surface area (Å²) in [6, 6.07) is 2.97. The van der Waals surface area contributed by atoms with E-state index in [-0.39, 0.29) is 23.7 Å². The number of halogens is 1. The van der Waals surface area contributed by atoms with Crippen LogP contribution in [0.5, 0.6) is 5.75 Å². The quantitative estimate of drug-likeness (QED) is 0.758. The predicted octanol–water partition coefficient (Wildman–Crippen LogP) is 1.89. The van der Waals surface area contributed by atoms with Crippen molar-refractivity contribution in [1.82, 2.24) is 19.6 Å². The number of fused-ring (bicyclic) bond motifs is 1. The Labute approximate surface area is 136 Å². The maximum absolute atomic E-state index is 14.4. The predicted molar refractivity (Wildman–Crippen MR) is 85.0 cm³/mol. The number of hydrogen-bond acceptors (Lipinski definition) is 6. The number of aliphatic hydroxyl groups is 1. The van der Waals surface area contributed by atoms with Crippen LogP contribution in [0.15, 0.2) is 18.3 Å². The third-order valence-electron chi connectivity index (χ3n) is 4.17. The van der Waals surface area contributed by atoms with Gasteiger partial charge in [-0.15, -0.1) is 0 Å². The zero-order valence-electron chi connectivity index (χ0n) is 13.0. The maximum Gasteiger partial charge on any atom is 0.157 e. The first kappa shape index (κ1) is 14.8. The number of nitrogens with two attached hydrogens (primary N) is 1. The van der Waals surface area contributed by atoms with E-state index in [2.05, 4.69) is 15.1 Å². The van der Waals surface area contributed by atoms with Crippen molar-refractivity contribution in [3.8, 4) is 17.1 Å². The number of anilines is 1. The highest BCUT2D eigenvalue weighted by Crippen LogP contribution is 2.43. The summed E-state index contributed by atoms with van der Waals surface area (Å²) in [7, 11) is 1.60. The number of aliphatic hydroxyl groups excluding tert-OH is 1. The largest absolute Gasteiger partial charge is 0.495 e. The molecule has 0 radical (unpaired) electrons. The van der Waals surface area contributed by atoms with Gasteiger partial charge in [-0.25, -0.2) is 18.9 Å². The minimum absolute atomic E-state index is 0.0524. The Morgan fingerprint density at radius 3 is 2.88 bits per heavy atom. The van der Waals surface area contributed by atoms with Crippen LogP contribution in [0, 0.1) is 5.82 Å². The molecule has 24 heavy (non-hydrogen) atoms. The van der Waals surface area contributed by atoms with Crippen molar-refractivity contribution in [2.24, 2.45) is 0 Å². The minimum Gasteiger partial charge on any atom is -0.495 e. The fourth-order valence-electron chi connectivity index (χ4n) is 2.72. The summed E-state index contributed by atoms with van der Waals surface area (Å²) in [5.74, 6) is 0.547. The number of pyridine rings is 1. The van der Waals surface area contributed by atoms with Crippen LogP contribution >= 0.6 is 0 Å². The molecule has 1 aliphatic rings. The lowest BCUT2D eigenvalue weighted by Gasteiger charge is -2.10. The molecular weight excluding hydrogens is 313 g/mol. The van der Waals surface area contributed by atoms with Crippen LogP contribution < -0.4 is 10.5 Å². The molecule has 3 aromatic rings. The number of methoxy groups -OCH3 is 1. The van der Waals surface area contributed by atoms with Gasteiger partial charge in [0.1, 0.15) is 28.6 Å². The van der Waals surface area contributed by atoms with Crippen LogP contribution in [0.1, 0.15) is 30.0 Å². The van der Waals surface area contributed by atoms with Crippen LogP contribution in [-0.4, -0.2) is 31.8 Å². The van der Waals surface area contributed by atoms with Gasteiger partial charge in [0, 0.05) is 17.5 Å². The van der Waals surface area contributed by atoms with Gasteiger partial charge < -0.3 is 15.6 Å². The van der Waals surface area contributed by atoms with Gasteiger partial charge in [-0.1, -0.05) is 0 Å². The highest BCUT2D eigenvalue weighted by atomic mass is 19.1. The van der Waals surface area contributed by atoms with E-state index in [1.54, 1.807) is 17.7 Å². The SMILES string of the molecule is COc1cc2ncc(-c3nc(N)c(CO)cc3F)n2nc1C1CC1. The first-order chi connectivity index (χ1) is 11.6. The average Bonchev–Trinajstić information content (AvgIpc) is 3.35. The first-order valence-electron chi connectivity index (χ1n) is 7.61. The molecule has 0 amide bonds. The molecule has 0 aliphatic heterocycles. The lowest BCUT2D eigenvalue weighted by atomic mass is 10.2. The van der Waals surface area contributed by atoms with Crippen molar-refractivity contribution in [3.05, 3.63) is 35.4 Å². The Kier molecular flexibility index (Phi) is 3.34. The van der Waals surface area contributed by atoms with Crippen LogP contribution in [0.2, 0.25) is 0 Å². The molecule has 0 spiro atoms. The monoisotopic (exact) mass is 329 g/mol. The smallest absolute Gasteiger partial charge is 0.157 e. The van der Waals surface area contributed by atoms with Crippen molar-refractivity contribution in [2.75, 3.05) is 12.8 Å². The van der Waals surface area contributed by atoms with Crippen LogP contribution in [0.3, 0.4) is 0 Å². The van der Waals surface area contributed by atoms with Crippen LogP contribution in [0.4, 0.5) is 10.2 Å². The summed E-state index contributed by atoms with van der Waals surface area (Å²) in [6.07, 6.45) is 3.62. The zero-order valence-corrected chi connectivity index (χ0v) is 13.0. The number of nitrogens with zero attached hydrogens (tertiary/aromatic N) is 4. The van der Waals surface area contributed by atoms with Crippen molar-refractivity contribution >= 4 is 11.5 Å². The van der Waals surface area contributed by atoms with E-state index in [9.17, 15) is 4.39 Å². The molecule has 1 saturated carbocycles. The summed E-state index contributed by atoms with van der Waals surface area (Å²) in [5.41, 5.74) is 7.86. The van der Waals surface area contributed by atoms with Crippen molar-refractivity contribution in [2.45, 2.75) is 25.4 Å². The number of imidazole rings is 1. The second-order valence-electron chi connectivity index (χ2n) is 5.81. The molecule has 4 rings (SSSR count). The van der Waals surface area contributed by atoms with Gasteiger partial charge in [0.2, 0.25) is 0 Å². The normalized spacial score (nSPS) is 14.3. The molecule has 0 unspecified atom stereocenters. The van der Waals surface area contributed by atoms with E-state index in [0.29, 0.717) is 23.0 Å². The van der Waals surface area contributed by atoms with Crippen molar-refractivity contribution in [3.63, 3.8) is 0 Å². The lowest BCUT2D eigenvalue weighted by molar-refractivity contribution is 0.281. The molecule has 3 aromatic heterocycles. The van der Waals surface area contributed by atoms with Crippen LogP contribution in [-0.2, 0) is 6.61 Å². The molecular formula is C16H16FN5O2.